The third-order valence-electron chi connectivity index (χ3n) is 3.86. The van der Waals surface area contributed by atoms with Gasteiger partial charge in [-0.25, -0.2) is 9.67 Å². The van der Waals surface area contributed by atoms with Crippen LogP contribution >= 0.6 is 27.3 Å². The molecule has 2 aromatic heterocycles. The summed E-state index contributed by atoms with van der Waals surface area (Å²) in [7, 11) is 1.66. The Labute approximate surface area is 141 Å². The number of hydrogen-bond acceptors (Lipinski definition) is 6. The lowest BCUT2D eigenvalue weighted by atomic mass is 10.3. The molecule has 0 saturated carbocycles. The molecule has 1 aliphatic rings. The number of rotatable bonds is 3. The molecule has 0 N–H and O–H groups in total. The molecular formula is C14H18BrN5OS. The average Bonchev–Trinajstić information content (AvgIpc) is 2.91. The highest BCUT2D eigenvalue weighted by atomic mass is 79.9. The molecular weight excluding hydrogens is 366 g/mol. The molecule has 0 bridgehead atoms. The van der Waals surface area contributed by atoms with Gasteiger partial charge in [-0.1, -0.05) is 0 Å². The van der Waals surface area contributed by atoms with Crippen molar-refractivity contribution in [3.8, 4) is 0 Å². The van der Waals surface area contributed by atoms with E-state index in [1.54, 1.807) is 24.6 Å². The molecule has 1 saturated heterocycles. The van der Waals surface area contributed by atoms with E-state index < -0.39 is 0 Å². The zero-order valence-electron chi connectivity index (χ0n) is 12.4. The Balaban J connectivity index is 1.70. The summed E-state index contributed by atoms with van der Waals surface area (Å²) in [5.41, 5.74) is 3.80. The molecule has 0 unspecified atom stereocenters. The Morgan fingerprint density at radius 3 is 2.95 bits per heavy atom. The van der Waals surface area contributed by atoms with E-state index in [9.17, 15) is 4.79 Å². The number of halogens is 1. The second-order valence-electron chi connectivity index (χ2n) is 5.37. The van der Waals surface area contributed by atoms with E-state index in [4.69, 9.17) is 0 Å². The van der Waals surface area contributed by atoms with Crippen LogP contribution in [0.15, 0.2) is 26.4 Å². The molecule has 22 heavy (non-hydrogen) atoms. The van der Waals surface area contributed by atoms with Gasteiger partial charge in [0.25, 0.3) is 5.56 Å². The molecule has 0 atom stereocenters. The summed E-state index contributed by atoms with van der Waals surface area (Å²) in [4.78, 5) is 21.0. The largest absolute Gasteiger partial charge is 0.368 e. The molecule has 6 nitrogen and oxygen atoms in total. The highest BCUT2D eigenvalue weighted by Crippen LogP contribution is 2.23. The van der Waals surface area contributed by atoms with Crippen molar-refractivity contribution >= 4 is 33.0 Å². The molecule has 0 aromatic carbocycles. The average molecular weight is 384 g/mol. The summed E-state index contributed by atoms with van der Waals surface area (Å²) >= 11 is 5.05. The quantitative estimate of drug-likeness (QED) is 0.807. The van der Waals surface area contributed by atoms with Crippen molar-refractivity contribution in [1.82, 2.24) is 19.7 Å². The number of hydrogen-bond donors (Lipinski definition) is 0. The Morgan fingerprint density at radius 1 is 1.32 bits per heavy atom. The number of nitrogens with zero attached hydrogens (tertiary/aromatic N) is 5. The second-order valence-corrected chi connectivity index (χ2v) is 6.88. The predicted molar refractivity (Wildman–Crippen MR) is 91.4 cm³/mol. The van der Waals surface area contributed by atoms with Gasteiger partial charge in [0.1, 0.15) is 4.47 Å². The first-order chi connectivity index (χ1) is 10.6. The SMILES string of the molecule is Cn1ncc(N2CCCN(Cc3cscn3)CC2)c(Br)c1=O. The Bertz CT molecular complexity index is 687. The lowest BCUT2D eigenvalue weighted by Crippen LogP contribution is -2.32. The number of aromatic nitrogens is 3. The van der Waals surface area contributed by atoms with Crippen LogP contribution in [0.1, 0.15) is 12.1 Å². The van der Waals surface area contributed by atoms with E-state index >= 15 is 0 Å². The van der Waals surface area contributed by atoms with Crippen molar-refractivity contribution in [3.63, 3.8) is 0 Å². The minimum Gasteiger partial charge on any atom is -0.368 e. The third kappa shape index (κ3) is 3.39. The molecule has 0 radical (unpaired) electrons. The molecule has 0 amide bonds. The van der Waals surface area contributed by atoms with E-state index in [0.717, 1.165) is 50.5 Å². The van der Waals surface area contributed by atoms with Crippen molar-refractivity contribution in [3.05, 3.63) is 37.6 Å². The third-order valence-corrected chi connectivity index (χ3v) is 5.24. The second kappa shape index (κ2) is 6.89. The minimum absolute atomic E-state index is 0.0962. The maximum absolute atomic E-state index is 12.0. The van der Waals surface area contributed by atoms with E-state index in [2.05, 4.69) is 41.2 Å². The van der Waals surface area contributed by atoms with Gasteiger partial charge in [-0.05, 0) is 22.4 Å². The van der Waals surface area contributed by atoms with Crippen LogP contribution in [0.3, 0.4) is 0 Å². The summed E-state index contributed by atoms with van der Waals surface area (Å²) in [5, 5.41) is 6.24. The smallest absolute Gasteiger partial charge is 0.282 e. The first-order valence-corrected chi connectivity index (χ1v) is 8.95. The van der Waals surface area contributed by atoms with Gasteiger partial charge in [0.05, 0.1) is 23.1 Å². The Kier molecular flexibility index (Phi) is 4.90. The lowest BCUT2D eigenvalue weighted by Gasteiger charge is -2.24. The van der Waals surface area contributed by atoms with Gasteiger partial charge < -0.3 is 4.90 Å². The maximum atomic E-state index is 12.0. The first-order valence-electron chi connectivity index (χ1n) is 7.21. The van der Waals surface area contributed by atoms with Crippen LogP contribution in [-0.4, -0.2) is 45.8 Å². The van der Waals surface area contributed by atoms with Crippen molar-refractivity contribution in [2.45, 2.75) is 13.0 Å². The highest BCUT2D eigenvalue weighted by Gasteiger charge is 2.19. The van der Waals surface area contributed by atoms with E-state index in [1.165, 1.54) is 4.68 Å². The van der Waals surface area contributed by atoms with Gasteiger partial charge in [0.2, 0.25) is 0 Å². The van der Waals surface area contributed by atoms with Gasteiger partial charge >= 0.3 is 0 Å². The summed E-state index contributed by atoms with van der Waals surface area (Å²) in [6.45, 7) is 4.72. The van der Waals surface area contributed by atoms with E-state index in [-0.39, 0.29) is 5.56 Å². The monoisotopic (exact) mass is 383 g/mol. The zero-order valence-corrected chi connectivity index (χ0v) is 14.8. The fraction of sp³-hybridized carbons (Fsp3) is 0.500. The molecule has 1 fully saturated rings. The normalized spacial score (nSPS) is 16.7. The van der Waals surface area contributed by atoms with E-state index in [1.807, 2.05) is 5.51 Å². The Hall–Kier alpha value is -1.25. The van der Waals surface area contributed by atoms with Crippen LogP contribution in [0.4, 0.5) is 5.69 Å². The molecule has 0 aliphatic carbocycles. The molecule has 8 heteroatoms. The van der Waals surface area contributed by atoms with Gasteiger partial charge in [0.15, 0.2) is 0 Å². The van der Waals surface area contributed by atoms with Crippen molar-refractivity contribution in [2.24, 2.45) is 7.05 Å². The molecule has 2 aromatic rings. The van der Waals surface area contributed by atoms with Crippen molar-refractivity contribution in [1.29, 1.82) is 0 Å². The van der Waals surface area contributed by atoms with Gasteiger partial charge in [-0.3, -0.25) is 9.69 Å². The van der Waals surface area contributed by atoms with Crippen LogP contribution in [0.5, 0.6) is 0 Å². The van der Waals surface area contributed by atoms with Crippen LogP contribution in [0.2, 0.25) is 0 Å². The van der Waals surface area contributed by atoms with Gasteiger partial charge in [-0.2, -0.15) is 5.10 Å². The maximum Gasteiger partial charge on any atom is 0.282 e. The number of anilines is 1. The molecule has 0 spiro atoms. The van der Waals surface area contributed by atoms with Crippen LogP contribution in [0.25, 0.3) is 0 Å². The fourth-order valence-electron chi connectivity index (χ4n) is 2.64. The summed E-state index contributed by atoms with van der Waals surface area (Å²) in [6.07, 6.45) is 2.83. The summed E-state index contributed by atoms with van der Waals surface area (Å²) < 4.78 is 1.94. The van der Waals surface area contributed by atoms with Crippen molar-refractivity contribution < 1.29 is 0 Å². The van der Waals surface area contributed by atoms with Crippen molar-refractivity contribution in [2.75, 3.05) is 31.1 Å². The molecule has 3 heterocycles. The van der Waals surface area contributed by atoms with Crippen LogP contribution in [-0.2, 0) is 13.6 Å². The summed E-state index contributed by atoms with van der Waals surface area (Å²) in [5.74, 6) is 0. The molecule has 1 aliphatic heterocycles. The minimum atomic E-state index is -0.0962. The Morgan fingerprint density at radius 2 is 2.18 bits per heavy atom. The fourth-order valence-corrected chi connectivity index (χ4v) is 3.80. The molecule has 118 valence electrons. The lowest BCUT2D eigenvalue weighted by molar-refractivity contribution is 0.282. The van der Waals surface area contributed by atoms with Crippen LogP contribution in [0, 0.1) is 0 Å². The predicted octanol–water partition coefficient (Wildman–Crippen LogP) is 1.71. The zero-order chi connectivity index (χ0) is 15.5. The molecule has 3 rings (SSSR count). The topological polar surface area (TPSA) is 54.3 Å². The summed E-state index contributed by atoms with van der Waals surface area (Å²) in [6, 6.07) is 0. The van der Waals surface area contributed by atoms with Crippen LogP contribution < -0.4 is 10.5 Å². The van der Waals surface area contributed by atoms with Gasteiger partial charge in [-0.15, -0.1) is 11.3 Å². The van der Waals surface area contributed by atoms with E-state index in [0.29, 0.717) is 4.47 Å². The standard InChI is InChI=1S/C14H18BrN5OS/c1-18-14(21)13(15)12(7-17-18)20-4-2-3-19(5-6-20)8-11-9-22-10-16-11/h7,9-10H,2-6,8H2,1H3. The first kappa shape index (κ1) is 15.6. The number of thiazole rings is 1. The van der Waals surface area contributed by atoms with Gasteiger partial charge in [0, 0.05) is 45.2 Å². The highest BCUT2D eigenvalue weighted by molar-refractivity contribution is 9.10. The number of aryl methyl sites for hydroxylation is 1.